The number of methoxy groups -OCH3 is 1. The van der Waals surface area contributed by atoms with Gasteiger partial charge >= 0.3 is 17.7 Å². The molecule has 4 N–H and O–H groups in total. The molecular weight excluding hydrogens is 534 g/mol. The minimum atomic E-state index is -0.902. The van der Waals surface area contributed by atoms with Crippen molar-refractivity contribution in [2.24, 2.45) is 5.92 Å². The molecule has 3 heterocycles. The highest BCUT2D eigenvalue weighted by Crippen LogP contribution is 2.23. The van der Waals surface area contributed by atoms with Crippen molar-refractivity contribution in [3.8, 4) is 11.8 Å². The van der Waals surface area contributed by atoms with Gasteiger partial charge in [0.1, 0.15) is 24.5 Å². The first-order chi connectivity index (χ1) is 19.7. The fourth-order valence-electron chi connectivity index (χ4n) is 4.72. The number of carbonyl (C=O) groups excluding carboxylic acids is 1. The molecule has 4 rings (SSSR count). The maximum atomic E-state index is 12.8. The van der Waals surface area contributed by atoms with E-state index in [-0.39, 0.29) is 42.4 Å². The summed E-state index contributed by atoms with van der Waals surface area (Å²) >= 11 is 0. The molecule has 3 aromatic rings. The van der Waals surface area contributed by atoms with Crippen LogP contribution in [-0.4, -0.2) is 106 Å². The van der Waals surface area contributed by atoms with Crippen LogP contribution < -0.4 is 20.9 Å². The second-order valence-electron chi connectivity index (χ2n) is 10.1. The number of carboxylic acids is 1. The Morgan fingerprint density at radius 1 is 1.17 bits per heavy atom. The first-order valence-electron chi connectivity index (χ1n) is 13.5. The lowest BCUT2D eigenvalue weighted by atomic mass is 9.96. The van der Waals surface area contributed by atoms with Gasteiger partial charge in [0.25, 0.3) is 0 Å². The molecule has 0 saturated carbocycles. The van der Waals surface area contributed by atoms with Gasteiger partial charge in [-0.1, -0.05) is 12.1 Å². The van der Waals surface area contributed by atoms with Crippen LogP contribution in [0.25, 0.3) is 11.2 Å². The van der Waals surface area contributed by atoms with E-state index < -0.39 is 5.97 Å². The molecular formula is C27H37N7O7. The predicted molar refractivity (Wildman–Crippen MR) is 150 cm³/mol. The fraction of sp³-hybridized carbons (Fsp3) is 0.519. The number of likely N-dealkylation sites (N-methyl/N-ethyl adjacent to an activating group) is 1. The van der Waals surface area contributed by atoms with Crippen LogP contribution in [0.5, 0.6) is 11.8 Å². The third-order valence-corrected chi connectivity index (χ3v) is 7.03. The maximum Gasteiger partial charge on any atom is 0.327 e. The van der Waals surface area contributed by atoms with Crippen molar-refractivity contribution in [1.29, 1.82) is 0 Å². The zero-order chi connectivity index (χ0) is 29.4. The number of aromatic nitrogens is 4. The molecule has 41 heavy (non-hydrogen) atoms. The highest BCUT2D eigenvalue weighted by Gasteiger charge is 2.24. The number of nitrogens with two attached hydrogens (primary N) is 1. The molecule has 0 aliphatic carbocycles. The number of likely N-dealkylation sites (tertiary alicyclic amines) is 1. The summed E-state index contributed by atoms with van der Waals surface area (Å²) in [5, 5.41) is 8.95. The standard InChI is InChI=1S/C27H37N7O7/c1-32(10-11-40-20-5-3-4-19(14-20)15-22(36)37)21(35)17-33-8-6-18(7-9-33)16-34-25-23(29-27(34)38)24(28)30-26(31-25)41-13-12-39-2/h3-5,14,18H,6-13,15-17H2,1-2H3,(H,29,38)(H,36,37)(H2,28,30,31). The number of nitrogens with one attached hydrogen (secondary N) is 1. The number of benzene rings is 1. The lowest BCUT2D eigenvalue weighted by Crippen LogP contribution is -2.43. The van der Waals surface area contributed by atoms with Gasteiger partial charge < -0.3 is 34.9 Å². The third-order valence-electron chi connectivity index (χ3n) is 7.03. The van der Waals surface area contributed by atoms with E-state index in [0.29, 0.717) is 55.3 Å². The lowest BCUT2D eigenvalue weighted by molar-refractivity contribution is -0.136. The predicted octanol–water partition coefficient (Wildman–Crippen LogP) is 0.604. The summed E-state index contributed by atoms with van der Waals surface area (Å²) in [6.07, 6.45) is 1.58. The fourth-order valence-corrected chi connectivity index (χ4v) is 4.72. The van der Waals surface area contributed by atoms with Crippen molar-refractivity contribution in [3.05, 3.63) is 40.3 Å². The van der Waals surface area contributed by atoms with E-state index in [1.807, 2.05) is 0 Å². The number of rotatable bonds is 14. The first-order valence-corrected chi connectivity index (χ1v) is 13.5. The van der Waals surface area contributed by atoms with Gasteiger partial charge in [-0.3, -0.25) is 19.1 Å². The Bertz CT molecular complexity index is 1400. The number of H-pyrrole nitrogens is 1. The third kappa shape index (κ3) is 8.17. The molecule has 1 saturated heterocycles. The van der Waals surface area contributed by atoms with Crippen molar-refractivity contribution < 1.29 is 28.9 Å². The Morgan fingerprint density at radius 3 is 2.68 bits per heavy atom. The second kappa shape index (κ2) is 13.9. The zero-order valence-electron chi connectivity index (χ0n) is 23.4. The largest absolute Gasteiger partial charge is 0.492 e. The Kier molecular flexibility index (Phi) is 10.1. The van der Waals surface area contributed by atoms with E-state index in [0.717, 1.165) is 25.9 Å². The summed E-state index contributed by atoms with van der Waals surface area (Å²) in [6, 6.07) is 7.04. The highest BCUT2D eigenvalue weighted by atomic mass is 16.5. The van der Waals surface area contributed by atoms with Crippen molar-refractivity contribution in [1.82, 2.24) is 29.3 Å². The van der Waals surface area contributed by atoms with E-state index >= 15 is 0 Å². The van der Waals surface area contributed by atoms with Crippen LogP contribution in [0.3, 0.4) is 0 Å². The minimum Gasteiger partial charge on any atom is -0.492 e. The van der Waals surface area contributed by atoms with Crippen molar-refractivity contribution >= 4 is 28.9 Å². The van der Waals surface area contributed by atoms with Gasteiger partial charge in [-0.2, -0.15) is 9.97 Å². The first kappa shape index (κ1) is 29.8. The van der Waals surface area contributed by atoms with Gasteiger partial charge in [-0.05, 0) is 49.5 Å². The summed E-state index contributed by atoms with van der Waals surface area (Å²) in [4.78, 5) is 51.4. The van der Waals surface area contributed by atoms with Crippen LogP contribution in [0.15, 0.2) is 29.1 Å². The number of carboxylic acid groups (broad SMARTS) is 1. The molecule has 1 aliphatic rings. The topological polar surface area (TPSA) is 178 Å². The van der Waals surface area contributed by atoms with Gasteiger partial charge in [-0.15, -0.1) is 0 Å². The summed E-state index contributed by atoms with van der Waals surface area (Å²) in [7, 11) is 3.30. The minimum absolute atomic E-state index is 0.00676. The number of fused-ring (bicyclic) bond motifs is 1. The van der Waals surface area contributed by atoms with Crippen molar-refractivity contribution in [2.45, 2.75) is 25.8 Å². The molecule has 222 valence electrons. The summed E-state index contributed by atoms with van der Waals surface area (Å²) in [6.45, 7) is 3.58. The van der Waals surface area contributed by atoms with Gasteiger partial charge in [0.05, 0.1) is 26.1 Å². The zero-order valence-corrected chi connectivity index (χ0v) is 23.4. The smallest absolute Gasteiger partial charge is 0.327 e. The number of nitrogens with zero attached hydrogens (tertiary/aromatic N) is 5. The number of aliphatic carboxylic acids is 1. The molecule has 14 nitrogen and oxygen atoms in total. The summed E-state index contributed by atoms with van der Waals surface area (Å²) in [5.41, 5.74) is 7.18. The number of hydrogen-bond donors (Lipinski definition) is 3. The van der Waals surface area contributed by atoms with Crippen molar-refractivity contribution in [3.63, 3.8) is 0 Å². The molecule has 0 bridgehead atoms. The average molecular weight is 572 g/mol. The normalized spacial score (nSPS) is 14.3. The number of ether oxygens (including phenoxy) is 3. The van der Waals surface area contributed by atoms with Gasteiger partial charge in [0.15, 0.2) is 11.5 Å². The van der Waals surface area contributed by atoms with Gasteiger partial charge in [0, 0.05) is 20.7 Å². The quantitative estimate of drug-likeness (QED) is 0.231. The molecule has 1 amide bonds. The number of nitrogen functional groups attached to an aromatic ring is 1. The highest BCUT2D eigenvalue weighted by molar-refractivity contribution is 5.82. The average Bonchev–Trinajstić information content (AvgIpc) is 3.25. The monoisotopic (exact) mass is 571 g/mol. The van der Waals surface area contributed by atoms with Crippen LogP contribution in [-0.2, 0) is 27.3 Å². The Morgan fingerprint density at radius 2 is 1.95 bits per heavy atom. The van der Waals surface area contributed by atoms with Crippen LogP contribution in [0, 0.1) is 5.92 Å². The van der Waals surface area contributed by atoms with Crippen LogP contribution in [0.1, 0.15) is 18.4 Å². The van der Waals surface area contributed by atoms with E-state index in [2.05, 4.69) is 19.9 Å². The molecule has 0 atom stereocenters. The molecule has 14 heteroatoms. The number of piperidine rings is 1. The summed E-state index contributed by atoms with van der Waals surface area (Å²) < 4.78 is 17.8. The molecule has 1 aromatic carbocycles. The molecule has 0 radical (unpaired) electrons. The number of aromatic amines is 1. The number of amides is 1. The van der Waals surface area contributed by atoms with Crippen LogP contribution in [0.4, 0.5) is 5.82 Å². The molecule has 2 aromatic heterocycles. The maximum absolute atomic E-state index is 12.8. The Labute approximate surface area is 237 Å². The number of anilines is 1. The number of imidazole rings is 1. The van der Waals surface area contributed by atoms with E-state index in [1.165, 1.54) is 0 Å². The lowest BCUT2D eigenvalue weighted by Gasteiger charge is -2.32. The number of carbonyl (C=O) groups is 2. The Balaban J connectivity index is 1.24. The van der Waals surface area contributed by atoms with Gasteiger partial charge in [-0.25, -0.2) is 4.79 Å². The van der Waals surface area contributed by atoms with E-state index in [9.17, 15) is 14.4 Å². The van der Waals surface area contributed by atoms with E-state index in [1.54, 1.807) is 47.9 Å². The SMILES string of the molecule is COCCOc1nc(N)c2[nH]c(=O)n(CC3CCN(CC(=O)N(C)CCOc4cccc(CC(=O)O)c4)CC3)c2n1. The summed E-state index contributed by atoms with van der Waals surface area (Å²) in [5.74, 6) is 0.0434. The molecule has 1 fully saturated rings. The molecule has 0 spiro atoms. The van der Waals surface area contributed by atoms with Crippen molar-refractivity contribution in [2.75, 3.05) is 65.9 Å². The molecule has 1 aliphatic heterocycles. The van der Waals surface area contributed by atoms with Crippen LogP contribution in [0.2, 0.25) is 0 Å². The Hall–Kier alpha value is -4.17. The molecule has 0 unspecified atom stereocenters. The second-order valence-corrected chi connectivity index (χ2v) is 10.1. The van der Waals surface area contributed by atoms with E-state index in [4.69, 9.17) is 25.1 Å². The van der Waals surface area contributed by atoms with Gasteiger partial charge in [0.2, 0.25) is 5.91 Å². The van der Waals surface area contributed by atoms with Crippen LogP contribution >= 0.6 is 0 Å². The number of hydrogen-bond acceptors (Lipinski definition) is 10.